The molecule has 0 saturated heterocycles. The molecule has 0 unspecified atom stereocenters. The lowest BCUT2D eigenvalue weighted by molar-refractivity contribution is -0.116. The maximum Gasteiger partial charge on any atom is 0.244 e. The summed E-state index contributed by atoms with van der Waals surface area (Å²) in [6.45, 7) is 5.29. The molecule has 0 spiro atoms. The monoisotopic (exact) mass is 374 g/mol. The Labute approximate surface area is 166 Å². The molecule has 0 atom stereocenters. The summed E-state index contributed by atoms with van der Waals surface area (Å²) in [5, 5.41) is 7.54. The molecule has 2 aromatic carbocycles. The van der Waals surface area contributed by atoms with Gasteiger partial charge in [-0.15, -0.1) is 0 Å². The Bertz CT molecular complexity index is 945. The highest BCUT2D eigenvalue weighted by Crippen LogP contribution is 2.19. The van der Waals surface area contributed by atoms with E-state index < -0.39 is 0 Å². The second kappa shape index (κ2) is 9.04. The summed E-state index contributed by atoms with van der Waals surface area (Å²) in [6, 6.07) is 20.1. The highest BCUT2D eigenvalue weighted by molar-refractivity contribution is 5.92. The topological polar surface area (TPSA) is 50.2 Å². The molecule has 0 aliphatic heterocycles. The summed E-state index contributed by atoms with van der Waals surface area (Å²) < 4.78 is 1.90. The Morgan fingerprint density at radius 2 is 1.71 bits per heavy atom. The molecule has 5 nitrogen and oxygen atoms in total. The average Bonchev–Trinajstić information content (AvgIpc) is 3.01. The van der Waals surface area contributed by atoms with Crippen molar-refractivity contribution in [2.45, 2.75) is 13.8 Å². The van der Waals surface area contributed by atoms with Crippen LogP contribution in [-0.4, -0.2) is 35.8 Å². The van der Waals surface area contributed by atoms with Crippen molar-refractivity contribution in [2.75, 3.05) is 25.0 Å². The minimum atomic E-state index is -0.104. The van der Waals surface area contributed by atoms with Crippen LogP contribution in [0.5, 0.6) is 0 Å². The third-order valence-electron chi connectivity index (χ3n) is 4.69. The van der Waals surface area contributed by atoms with Crippen LogP contribution in [0.4, 0.5) is 5.69 Å². The molecule has 0 aliphatic rings. The van der Waals surface area contributed by atoms with Gasteiger partial charge in [-0.3, -0.25) is 4.79 Å². The van der Waals surface area contributed by atoms with Crippen LogP contribution in [0.15, 0.2) is 66.7 Å². The molecule has 1 amide bonds. The van der Waals surface area contributed by atoms with Gasteiger partial charge < -0.3 is 10.2 Å². The van der Waals surface area contributed by atoms with Crippen molar-refractivity contribution in [1.82, 2.24) is 15.1 Å². The van der Waals surface area contributed by atoms with Crippen molar-refractivity contribution in [3.8, 4) is 5.69 Å². The summed E-state index contributed by atoms with van der Waals surface area (Å²) in [7, 11) is 2.02. The number of aryl methyl sites for hydroxylation is 1. The van der Waals surface area contributed by atoms with E-state index in [1.165, 1.54) is 0 Å². The number of rotatable bonds is 7. The number of carbonyl (C=O) groups is 1. The molecule has 1 N–H and O–H groups in total. The van der Waals surface area contributed by atoms with Crippen molar-refractivity contribution >= 4 is 17.7 Å². The standard InChI is InChI=1S/C23H26N4O/c1-18-22(19(2)27(25-18)21-12-8-5-9-13-21)14-15-23(28)24-16-17-26(3)20-10-6-4-7-11-20/h4-15H,16-17H2,1-3H3,(H,24,28)/b15-14+. The van der Waals surface area contributed by atoms with Gasteiger partial charge in [0.2, 0.25) is 5.91 Å². The predicted molar refractivity (Wildman–Crippen MR) is 115 cm³/mol. The molecule has 0 aliphatic carbocycles. The van der Waals surface area contributed by atoms with Gasteiger partial charge in [0.15, 0.2) is 0 Å². The fraction of sp³-hybridized carbons (Fsp3) is 0.217. The van der Waals surface area contributed by atoms with E-state index >= 15 is 0 Å². The Morgan fingerprint density at radius 1 is 1.07 bits per heavy atom. The maximum absolute atomic E-state index is 12.2. The van der Waals surface area contributed by atoms with Crippen LogP contribution in [0, 0.1) is 13.8 Å². The summed E-state index contributed by atoms with van der Waals surface area (Å²) in [6.07, 6.45) is 3.42. The van der Waals surface area contributed by atoms with Crippen LogP contribution >= 0.6 is 0 Å². The molecule has 0 fully saturated rings. The highest BCUT2D eigenvalue weighted by atomic mass is 16.1. The minimum absolute atomic E-state index is 0.104. The van der Waals surface area contributed by atoms with E-state index in [1.807, 2.05) is 80.2 Å². The number of carbonyl (C=O) groups excluding carboxylic acids is 1. The number of nitrogens with one attached hydrogen (secondary N) is 1. The first-order valence-electron chi connectivity index (χ1n) is 9.40. The van der Waals surface area contributed by atoms with E-state index in [9.17, 15) is 4.79 Å². The first-order chi connectivity index (χ1) is 13.6. The number of anilines is 1. The first-order valence-corrected chi connectivity index (χ1v) is 9.40. The van der Waals surface area contributed by atoms with E-state index in [2.05, 4.69) is 27.4 Å². The van der Waals surface area contributed by atoms with Crippen LogP contribution in [0.1, 0.15) is 17.0 Å². The maximum atomic E-state index is 12.2. The van der Waals surface area contributed by atoms with Gasteiger partial charge in [0.1, 0.15) is 0 Å². The lowest BCUT2D eigenvalue weighted by Crippen LogP contribution is -2.31. The van der Waals surface area contributed by atoms with Crippen LogP contribution in [0.2, 0.25) is 0 Å². The van der Waals surface area contributed by atoms with Crippen LogP contribution in [-0.2, 0) is 4.79 Å². The largest absolute Gasteiger partial charge is 0.373 e. The summed E-state index contributed by atoms with van der Waals surface area (Å²) in [4.78, 5) is 14.3. The van der Waals surface area contributed by atoms with Gasteiger partial charge >= 0.3 is 0 Å². The molecule has 1 heterocycles. The zero-order valence-corrected chi connectivity index (χ0v) is 16.6. The van der Waals surface area contributed by atoms with Crippen molar-refractivity contribution in [3.63, 3.8) is 0 Å². The Hall–Kier alpha value is -3.34. The zero-order valence-electron chi connectivity index (χ0n) is 16.6. The number of nitrogens with zero attached hydrogens (tertiary/aromatic N) is 3. The van der Waals surface area contributed by atoms with Gasteiger partial charge in [-0.05, 0) is 44.2 Å². The van der Waals surface area contributed by atoms with E-state index in [4.69, 9.17) is 0 Å². The molecule has 28 heavy (non-hydrogen) atoms. The smallest absolute Gasteiger partial charge is 0.244 e. The lowest BCUT2D eigenvalue weighted by atomic mass is 10.2. The van der Waals surface area contributed by atoms with Gasteiger partial charge in [0.25, 0.3) is 0 Å². The van der Waals surface area contributed by atoms with Crippen LogP contribution in [0.3, 0.4) is 0 Å². The number of amides is 1. The zero-order chi connectivity index (χ0) is 19.9. The Kier molecular flexibility index (Phi) is 6.27. The van der Waals surface area contributed by atoms with E-state index in [0.29, 0.717) is 6.54 Å². The van der Waals surface area contributed by atoms with Gasteiger partial charge in [-0.25, -0.2) is 4.68 Å². The number of benzene rings is 2. The molecule has 1 aromatic heterocycles. The number of aromatic nitrogens is 2. The summed E-state index contributed by atoms with van der Waals surface area (Å²) in [5.41, 5.74) is 5.02. The van der Waals surface area contributed by atoms with Gasteiger partial charge in [-0.1, -0.05) is 36.4 Å². The van der Waals surface area contributed by atoms with E-state index in [1.54, 1.807) is 6.08 Å². The molecule has 5 heteroatoms. The third kappa shape index (κ3) is 4.68. The highest BCUT2D eigenvalue weighted by Gasteiger charge is 2.10. The van der Waals surface area contributed by atoms with Crippen molar-refractivity contribution in [3.05, 3.63) is 83.7 Å². The molecular weight excluding hydrogens is 348 g/mol. The second-order valence-electron chi connectivity index (χ2n) is 6.71. The summed E-state index contributed by atoms with van der Waals surface area (Å²) >= 11 is 0. The normalized spacial score (nSPS) is 11.0. The van der Waals surface area contributed by atoms with Crippen molar-refractivity contribution in [2.24, 2.45) is 0 Å². The summed E-state index contributed by atoms with van der Waals surface area (Å²) in [5.74, 6) is -0.104. The number of likely N-dealkylation sites (N-methyl/N-ethyl adjacent to an activating group) is 1. The minimum Gasteiger partial charge on any atom is -0.373 e. The molecule has 3 aromatic rings. The molecule has 144 valence electrons. The quantitative estimate of drug-likeness (QED) is 0.641. The molecule has 3 rings (SSSR count). The van der Waals surface area contributed by atoms with Crippen molar-refractivity contribution < 1.29 is 4.79 Å². The number of hydrogen-bond acceptors (Lipinski definition) is 3. The number of hydrogen-bond donors (Lipinski definition) is 1. The Balaban J connectivity index is 1.58. The average molecular weight is 374 g/mol. The predicted octanol–water partition coefficient (Wildman–Crippen LogP) is 3.75. The molecule has 0 saturated carbocycles. The lowest BCUT2D eigenvalue weighted by Gasteiger charge is -2.19. The first kappa shape index (κ1) is 19.4. The van der Waals surface area contributed by atoms with Crippen LogP contribution in [0.25, 0.3) is 11.8 Å². The van der Waals surface area contributed by atoms with Crippen LogP contribution < -0.4 is 10.2 Å². The van der Waals surface area contributed by atoms with E-state index in [0.717, 1.165) is 34.9 Å². The van der Waals surface area contributed by atoms with Gasteiger partial charge in [0, 0.05) is 43.2 Å². The molecule has 0 bridgehead atoms. The number of para-hydroxylation sites is 2. The van der Waals surface area contributed by atoms with Gasteiger partial charge in [0.05, 0.1) is 11.4 Å². The fourth-order valence-corrected chi connectivity index (χ4v) is 3.09. The van der Waals surface area contributed by atoms with Crippen molar-refractivity contribution in [1.29, 1.82) is 0 Å². The fourth-order valence-electron chi connectivity index (χ4n) is 3.09. The molecule has 0 radical (unpaired) electrons. The third-order valence-corrected chi connectivity index (χ3v) is 4.69. The molecular formula is C23H26N4O. The van der Waals surface area contributed by atoms with E-state index in [-0.39, 0.29) is 5.91 Å². The van der Waals surface area contributed by atoms with Gasteiger partial charge in [-0.2, -0.15) is 5.10 Å². The Morgan fingerprint density at radius 3 is 2.39 bits per heavy atom. The SMILES string of the molecule is Cc1nn(-c2ccccc2)c(C)c1/C=C/C(=O)NCCN(C)c1ccccc1. The second-order valence-corrected chi connectivity index (χ2v) is 6.71.